The number of ether oxygens (including phenoxy) is 1. The van der Waals surface area contributed by atoms with E-state index >= 15 is 0 Å². The van der Waals surface area contributed by atoms with Gasteiger partial charge < -0.3 is 4.74 Å². The molecule has 1 heterocycles. The predicted molar refractivity (Wildman–Crippen MR) is 137 cm³/mol. The minimum atomic E-state index is -3.70. The van der Waals surface area contributed by atoms with Crippen LogP contribution in [0.1, 0.15) is 55.9 Å². The lowest BCUT2D eigenvalue weighted by molar-refractivity contribution is -0.126. The Balaban J connectivity index is 1.93. The van der Waals surface area contributed by atoms with Crippen LogP contribution in [0, 0.1) is 19.8 Å². The van der Waals surface area contributed by atoms with Gasteiger partial charge in [-0.05, 0) is 67.5 Å². The summed E-state index contributed by atoms with van der Waals surface area (Å²) in [7, 11) is -3.70. The molecule has 0 radical (unpaired) electrons. The Bertz CT molecular complexity index is 1160. The summed E-state index contributed by atoms with van der Waals surface area (Å²) < 4.78 is 33.0. The van der Waals surface area contributed by atoms with Crippen molar-refractivity contribution in [1.82, 2.24) is 4.31 Å². The van der Waals surface area contributed by atoms with E-state index in [4.69, 9.17) is 4.74 Å². The highest BCUT2D eigenvalue weighted by Gasteiger charge is 2.31. The molecule has 0 aromatic heterocycles. The Morgan fingerprint density at radius 1 is 1.00 bits per heavy atom. The molecule has 35 heavy (non-hydrogen) atoms. The maximum atomic E-state index is 13.5. The van der Waals surface area contributed by atoms with Crippen LogP contribution < -0.4 is 4.90 Å². The second kappa shape index (κ2) is 11.0. The zero-order valence-corrected chi connectivity index (χ0v) is 22.3. The lowest BCUT2D eigenvalue weighted by Gasteiger charge is -2.29. The molecule has 1 unspecified atom stereocenters. The van der Waals surface area contributed by atoms with E-state index in [9.17, 15) is 18.0 Å². The van der Waals surface area contributed by atoms with E-state index < -0.39 is 21.8 Å². The third kappa shape index (κ3) is 6.00. The molecule has 3 rings (SSSR count). The first-order valence-corrected chi connectivity index (χ1v) is 13.5. The Morgan fingerprint density at radius 2 is 1.54 bits per heavy atom. The van der Waals surface area contributed by atoms with E-state index in [0.29, 0.717) is 49.0 Å². The second-order valence-corrected chi connectivity index (χ2v) is 11.6. The van der Waals surface area contributed by atoms with Gasteiger partial charge in [-0.25, -0.2) is 13.3 Å². The van der Waals surface area contributed by atoms with Crippen LogP contribution in [0.2, 0.25) is 0 Å². The Hall–Kier alpha value is -2.55. The van der Waals surface area contributed by atoms with Crippen LogP contribution in [0.25, 0.3) is 0 Å². The highest BCUT2D eigenvalue weighted by molar-refractivity contribution is 7.89. The fraction of sp³-hybridized carbons (Fsp3) is 0.481. The fourth-order valence-corrected chi connectivity index (χ4v) is 6.11. The number of hydrogen-bond donors (Lipinski definition) is 0. The summed E-state index contributed by atoms with van der Waals surface area (Å²) in [6.07, 6.45) is 0.959. The van der Waals surface area contributed by atoms with Gasteiger partial charge in [-0.3, -0.25) is 9.59 Å². The van der Waals surface area contributed by atoms with Gasteiger partial charge in [-0.15, -0.1) is 0 Å². The number of anilines is 1. The summed E-state index contributed by atoms with van der Waals surface area (Å²) in [6.45, 7) is 12.2. The molecule has 1 atom stereocenters. The van der Waals surface area contributed by atoms with E-state index in [1.807, 2.05) is 24.3 Å². The second-order valence-electron chi connectivity index (χ2n) is 9.68. The first-order valence-electron chi connectivity index (χ1n) is 12.1. The monoisotopic (exact) mass is 500 g/mol. The number of amides is 2. The summed E-state index contributed by atoms with van der Waals surface area (Å²) in [5, 5.41) is 0. The molecule has 1 fully saturated rings. The van der Waals surface area contributed by atoms with Crippen LogP contribution >= 0.6 is 0 Å². The molecule has 1 aliphatic heterocycles. The number of rotatable bonds is 7. The minimum Gasteiger partial charge on any atom is -0.379 e. The van der Waals surface area contributed by atoms with Crippen LogP contribution in [0.5, 0.6) is 0 Å². The van der Waals surface area contributed by atoms with Crippen LogP contribution in [0.4, 0.5) is 5.69 Å². The fourth-order valence-electron chi connectivity index (χ4n) is 4.53. The topological polar surface area (TPSA) is 84.0 Å². The number of hydrogen-bond acceptors (Lipinski definition) is 5. The average Bonchev–Trinajstić information content (AvgIpc) is 2.80. The van der Waals surface area contributed by atoms with Gasteiger partial charge in [0, 0.05) is 20.0 Å². The summed E-state index contributed by atoms with van der Waals surface area (Å²) in [4.78, 5) is 27.6. The number of morpholine rings is 1. The standard InChI is InChI=1S/C27H36N2O5S/c1-18(2)15-23-7-9-24(10-8-23)21(5)27(31)29(22(6)30)26-19(3)16-25(17-20(26)4)35(32,33)28-11-13-34-14-12-28/h7-10,16-18,21H,11-15H2,1-6H3. The summed E-state index contributed by atoms with van der Waals surface area (Å²) >= 11 is 0. The number of imide groups is 1. The van der Waals surface area contributed by atoms with Crippen molar-refractivity contribution in [2.24, 2.45) is 5.92 Å². The highest BCUT2D eigenvalue weighted by Crippen LogP contribution is 2.32. The van der Waals surface area contributed by atoms with Gasteiger partial charge in [0.2, 0.25) is 21.8 Å². The molecular formula is C27H36N2O5S. The molecule has 2 aromatic carbocycles. The van der Waals surface area contributed by atoms with Gasteiger partial charge in [0.15, 0.2) is 0 Å². The zero-order valence-electron chi connectivity index (χ0n) is 21.5. The first-order chi connectivity index (χ1) is 16.4. The number of carbonyl (C=O) groups excluding carboxylic acids is 2. The van der Waals surface area contributed by atoms with E-state index in [-0.39, 0.29) is 10.8 Å². The molecule has 0 aliphatic carbocycles. The quantitative estimate of drug-likeness (QED) is 0.569. The predicted octanol–water partition coefficient (Wildman–Crippen LogP) is 4.21. The van der Waals surface area contributed by atoms with Crippen molar-refractivity contribution < 1.29 is 22.7 Å². The number of sulfonamides is 1. The van der Waals surface area contributed by atoms with Crippen molar-refractivity contribution in [2.75, 3.05) is 31.2 Å². The summed E-state index contributed by atoms with van der Waals surface area (Å²) in [5.74, 6) is -0.756. The number of carbonyl (C=O) groups is 2. The molecule has 0 spiro atoms. The Labute approximate surface area is 209 Å². The lowest BCUT2D eigenvalue weighted by Crippen LogP contribution is -2.41. The maximum absolute atomic E-state index is 13.5. The maximum Gasteiger partial charge on any atom is 0.243 e. The normalized spacial score (nSPS) is 15.7. The van der Waals surface area contributed by atoms with Crippen molar-refractivity contribution in [3.8, 4) is 0 Å². The molecule has 2 amide bonds. The average molecular weight is 501 g/mol. The van der Waals surface area contributed by atoms with Gasteiger partial charge in [-0.2, -0.15) is 4.31 Å². The van der Waals surface area contributed by atoms with Crippen molar-refractivity contribution >= 4 is 27.5 Å². The molecule has 1 saturated heterocycles. The Morgan fingerprint density at radius 3 is 2.03 bits per heavy atom. The van der Waals surface area contributed by atoms with Crippen molar-refractivity contribution in [2.45, 2.75) is 58.8 Å². The summed E-state index contributed by atoms with van der Waals surface area (Å²) in [6, 6.07) is 11.0. The van der Waals surface area contributed by atoms with E-state index in [0.717, 1.165) is 12.0 Å². The highest BCUT2D eigenvalue weighted by atomic mass is 32.2. The molecule has 0 saturated carbocycles. The van der Waals surface area contributed by atoms with Crippen molar-refractivity contribution in [3.63, 3.8) is 0 Å². The largest absolute Gasteiger partial charge is 0.379 e. The van der Waals surface area contributed by atoms with E-state index in [2.05, 4.69) is 13.8 Å². The number of nitrogens with zero attached hydrogens (tertiary/aromatic N) is 2. The van der Waals surface area contributed by atoms with Gasteiger partial charge >= 0.3 is 0 Å². The van der Waals surface area contributed by atoms with Crippen LogP contribution in [0.15, 0.2) is 41.3 Å². The smallest absolute Gasteiger partial charge is 0.243 e. The number of benzene rings is 2. The van der Waals surface area contributed by atoms with Gasteiger partial charge in [0.1, 0.15) is 0 Å². The number of aryl methyl sites for hydroxylation is 2. The molecule has 1 aliphatic rings. The summed E-state index contributed by atoms with van der Waals surface area (Å²) in [5.41, 5.74) is 3.58. The van der Waals surface area contributed by atoms with Crippen LogP contribution in [-0.2, 0) is 30.8 Å². The molecule has 8 heteroatoms. The van der Waals surface area contributed by atoms with E-state index in [1.54, 1.807) is 32.9 Å². The van der Waals surface area contributed by atoms with Gasteiger partial charge in [0.05, 0.1) is 29.7 Å². The van der Waals surface area contributed by atoms with Crippen LogP contribution in [0.3, 0.4) is 0 Å². The molecule has 0 bridgehead atoms. The SMILES string of the molecule is CC(=O)N(C(=O)C(C)c1ccc(CC(C)C)cc1)c1c(C)cc(S(=O)(=O)N2CCOCC2)cc1C. The third-order valence-corrected chi connectivity index (χ3v) is 8.20. The zero-order chi connectivity index (χ0) is 25.9. The molecule has 0 N–H and O–H groups in total. The van der Waals surface area contributed by atoms with Crippen molar-refractivity contribution in [3.05, 3.63) is 58.7 Å². The molecule has 2 aromatic rings. The lowest BCUT2D eigenvalue weighted by atomic mass is 9.95. The first kappa shape index (κ1) is 27.0. The third-order valence-electron chi connectivity index (χ3n) is 6.33. The van der Waals surface area contributed by atoms with Gasteiger partial charge in [-0.1, -0.05) is 38.1 Å². The van der Waals surface area contributed by atoms with Gasteiger partial charge in [0.25, 0.3) is 0 Å². The van der Waals surface area contributed by atoms with E-state index in [1.165, 1.54) is 21.7 Å². The molecule has 190 valence electrons. The minimum absolute atomic E-state index is 0.155. The molecular weight excluding hydrogens is 464 g/mol. The Kier molecular flexibility index (Phi) is 8.51. The van der Waals surface area contributed by atoms with Crippen molar-refractivity contribution in [1.29, 1.82) is 0 Å². The molecule has 7 nitrogen and oxygen atoms in total. The van der Waals surface area contributed by atoms with Crippen LogP contribution in [-0.4, -0.2) is 50.8 Å².